The second-order valence-electron chi connectivity index (χ2n) is 22.8. The minimum atomic E-state index is -1.67. The van der Waals surface area contributed by atoms with Crippen LogP contribution in [0.2, 0.25) is 0 Å². The Morgan fingerprint density at radius 3 is 1.31 bits per heavy atom. The van der Waals surface area contributed by atoms with E-state index in [-0.39, 0.29) is 91.0 Å². The van der Waals surface area contributed by atoms with Crippen LogP contribution >= 0.6 is 159 Å². The Bertz CT molecular complexity index is 4590. The summed E-state index contributed by atoms with van der Waals surface area (Å²) in [6, 6.07) is 22.8. The van der Waals surface area contributed by atoms with Crippen LogP contribution in [0, 0.1) is 0 Å². The maximum Gasteiger partial charge on any atom is 1.00 e. The first-order valence-electron chi connectivity index (χ1n) is 32.3. The zero-order valence-electron chi connectivity index (χ0n) is 64.8. The number of methoxy groups -OCH3 is 5. The van der Waals surface area contributed by atoms with Crippen LogP contribution in [0.1, 0.15) is 119 Å². The number of aldehydes is 1. The molecule has 0 fully saturated rings. The summed E-state index contributed by atoms with van der Waals surface area (Å²) in [7, 11) is 16.9. The van der Waals surface area contributed by atoms with Crippen molar-refractivity contribution >= 4 is 192 Å². The summed E-state index contributed by atoms with van der Waals surface area (Å²) in [6.07, 6.45) is 19.8. The number of nitrogens with one attached hydrogen (secondary N) is 1. The van der Waals surface area contributed by atoms with Gasteiger partial charge in [0.05, 0.1) is 71.5 Å². The number of aliphatic hydroxyl groups is 2. The molecule has 0 saturated carbocycles. The van der Waals surface area contributed by atoms with Crippen molar-refractivity contribution in [1.29, 1.82) is 0 Å². The maximum absolute atomic E-state index is 11.7. The van der Waals surface area contributed by atoms with Gasteiger partial charge in [-0.05, 0) is 166 Å². The van der Waals surface area contributed by atoms with Crippen LogP contribution in [0.5, 0.6) is 29.4 Å². The number of pyridine rings is 7. The van der Waals surface area contributed by atoms with E-state index in [0.717, 1.165) is 92.5 Å². The van der Waals surface area contributed by atoms with Gasteiger partial charge in [-0.2, -0.15) is 20.4 Å². The van der Waals surface area contributed by atoms with Crippen LogP contribution in [0.3, 0.4) is 0 Å². The summed E-state index contributed by atoms with van der Waals surface area (Å²) in [5, 5.41) is 36.2. The molecule has 39 heteroatoms. The molecule has 3 radical (unpaired) electrons. The number of aromatic amines is 1. The van der Waals surface area contributed by atoms with Gasteiger partial charge in [-0.1, -0.05) is 61.1 Å². The van der Waals surface area contributed by atoms with Crippen molar-refractivity contribution in [3.63, 3.8) is 0 Å². The van der Waals surface area contributed by atoms with E-state index in [1.165, 1.54) is 20.4 Å². The Morgan fingerprint density at radius 2 is 0.928 bits per heavy atom. The van der Waals surface area contributed by atoms with Gasteiger partial charge >= 0.3 is 18.9 Å². The van der Waals surface area contributed by atoms with Crippen LogP contribution in [-0.4, -0.2) is 152 Å². The number of aromatic nitrogens is 15. The van der Waals surface area contributed by atoms with Crippen molar-refractivity contribution in [3.8, 4) is 74.4 Å². The topological polar surface area (TPSA) is 311 Å². The van der Waals surface area contributed by atoms with Crippen LogP contribution in [0.15, 0.2) is 164 Å². The molecular weight excluding hydrogens is 2080 g/mol. The third kappa shape index (κ3) is 34.4. The standard InChI is InChI=1S/C13H16ClN3O.C13H16IN3O.C13H17N3O2.C12H14BrN3O.C7H8BrNO2.C7H6BrNO2.C6H6BrNO.CH3I.Al.BrH.Cl2OS.Li.H/c1-9(2)17-12(4-5-16-17)11-8-15-13(18-3)6-10(11)7-14;1-9(2)17-12(4-5-15-17)11-8-16(3)13(18)6-10(11)7-14;1-9(2)16-12(4-5-15-16)11-7-14-13(18-3)6-10(11)8-17;1-8(2)16-11(3-4-15-16)10-7-14-12(17)5-9(10)6-13;2*1-11-7-2-5(4-10)6(8)3-9-7;1-9-6-3-2-5(7)4-8-6;1-2;;;1-4(2)3;;/h2*4-6,8-9H,7H2,1-3H3;4-7,9,17H,8H2,1-3H3;3-5,7-8H,6H2,1-2H3,(H,14,17);2-3,10H,4H2,1H3;2-4H,1H3;2-4H,1H3;1H3;;1H;;;/q;;;;;;;;;;;+1;-1. The third-order valence-electron chi connectivity index (χ3n) is 14.4. The van der Waals surface area contributed by atoms with Crippen molar-refractivity contribution in [3.05, 3.63) is 208 Å². The first kappa shape index (κ1) is 106. The summed E-state index contributed by atoms with van der Waals surface area (Å²) in [4.78, 5) is 58.2. The van der Waals surface area contributed by atoms with Gasteiger partial charge in [0.15, 0.2) is 6.29 Å². The molecule has 26 nitrogen and oxygen atoms in total. The number of carbonyl (C=O) groups excluding carboxylic acids is 1. The molecule has 0 aliphatic carbocycles. The Hall–Kier alpha value is -4.91. The number of rotatable bonds is 19. The summed E-state index contributed by atoms with van der Waals surface area (Å²) in [6.45, 7) is 16.6. The molecule has 0 spiro atoms. The van der Waals surface area contributed by atoms with Gasteiger partial charge in [-0.3, -0.25) is 33.1 Å². The SMILES string of the molecule is Br.CC(C)n1nccc1-c1c[nH]c(=O)cc1CBr.CC(C)n1nccc1-c1cn(C)c(=O)cc1CI.CI.COc1cc(C=O)c(Br)cn1.COc1cc(CCl)c(-c2ccnn2C(C)C)cn1.COc1cc(CO)c(-c2ccnn2C(C)C)cn1.COc1cc(CO)c(Br)cn1.COc1ccc(Br)cn1.O=S(Cl)Cl.[Al].[H-].[Li+]. The number of aryl methyl sites for hydroxylation is 1. The zero-order chi connectivity index (χ0) is 80.7. The predicted molar refractivity (Wildman–Crippen MR) is 476 cm³/mol. The Kier molecular flexibility index (Phi) is 54.7. The van der Waals surface area contributed by atoms with Gasteiger partial charge in [-0.15, -0.1) is 28.6 Å². The minimum absolute atomic E-state index is 0. The Morgan fingerprint density at radius 1 is 0.550 bits per heavy atom. The Balaban J connectivity index is 0. The number of nitrogens with zero attached hydrogens (tertiary/aromatic N) is 14. The molecule has 597 valence electrons. The number of ether oxygens (including phenoxy) is 5. The van der Waals surface area contributed by atoms with E-state index in [0.29, 0.717) is 62.7 Å². The molecule has 0 aliphatic rings. The number of hydrogen-bond acceptors (Lipinski definition) is 20. The van der Waals surface area contributed by atoms with E-state index in [1.54, 1.807) is 125 Å². The molecule has 3 N–H and O–H groups in total. The molecule has 0 aliphatic heterocycles. The second-order valence-corrected chi connectivity index (χ2v) is 29.5. The smallest absolute Gasteiger partial charge is 1.00 e. The van der Waals surface area contributed by atoms with E-state index in [1.807, 2.05) is 66.3 Å². The second kappa shape index (κ2) is 57.2. The third-order valence-corrected chi connectivity index (χ3v) is 18.0. The van der Waals surface area contributed by atoms with E-state index in [9.17, 15) is 19.5 Å². The number of H-pyrrole nitrogens is 1. The average molecular weight is 2170 g/mol. The van der Waals surface area contributed by atoms with Gasteiger partial charge in [0.25, 0.3) is 5.56 Å². The molecule has 0 aromatic carbocycles. The molecule has 0 amide bonds. The Labute approximate surface area is 758 Å². The molecule has 0 bridgehead atoms. The molecule has 0 saturated heterocycles. The molecule has 11 aromatic heterocycles. The largest absolute Gasteiger partial charge is 1.00 e. The molecule has 11 aromatic rings. The molecule has 0 unspecified atom stereocenters. The van der Waals surface area contributed by atoms with Gasteiger partial charge in [-0.25, -0.2) is 29.1 Å². The number of alkyl halides is 4. The van der Waals surface area contributed by atoms with Gasteiger partial charge in [0.1, 0.15) is 0 Å². The zero-order valence-corrected chi connectivity index (χ0v) is 80.4. The van der Waals surface area contributed by atoms with E-state index < -0.39 is 9.23 Å². The monoisotopic (exact) mass is 2160 g/mol. The maximum atomic E-state index is 11.7. The number of halogens is 10. The number of hydrogen-bond donors (Lipinski definition) is 3. The van der Waals surface area contributed by atoms with Crippen molar-refractivity contribution in [2.24, 2.45) is 7.05 Å². The van der Waals surface area contributed by atoms with E-state index >= 15 is 0 Å². The fourth-order valence-electron chi connectivity index (χ4n) is 9.32. The van der Waals surface area contributed by atoms with Crippen LogP contribution in [-0.2, 0) is 45.1 Å². The van der Waals surface area contributed by atoms with E-state index in [2.05, 4.69) is 236 Å². The fraction of sp³-hybridized carbons (Fsp3) is 0.333. The van der Waals surface area contributed by atoms with E-state index in [4.69, 9.17) is 44.6 Å². The van der Waals surface area contributed by atoms with Gasteiger partial charge < -0.3 is 44.9 Å². The number of aliphatic hydroxyl groups excluding tert-OH is 2. The summed E-state index contributed by atoms with van der Waals surface area (Å²) < 4.78 is 46.4. The summed E-state index contributed by atoms with van der Waals surface area (Å²) >= 11 is 23.5. The van der Waals surface area contributed by atoms with Crippen molar-refractivity contribution in [2.45, 2.75) is 108 Å². The first-order chi connectivity index (χ1) is 51.6. The molecule has 0 atom stereocenters. The molecule has 111 heavy (non-hydrogen) atoms. The van der Waals surface area contributed by atoms with Crippen molar-refractivity contribution in [1.82, 2.24) is 73.6 Å². The normalized spacial score (nSPS) is 10.0. The van der Waals surface area contributed by atoms with Crippen molar-refractivity contribution in [2.75, 3.05) is 40.5 Å². The first-order valence-corrected chi connectivity index (χ1v) is 42.8. The molecular formula is C72H88AlBr5Cl3I2LiN15O11S. The van der Waals surface area contributed by atoms with Crippen LogP contribution in [0.25, 0.3) is 45.0 Å². The van der Waals surface area contributed by atoms with Crippen LogP contribution < -0.4 is 53.7 Å². The quantitative estimate of drug-likeness (QED) is 0.0223. The molecule has 11 heterocycles. The number of carbonyl (C=O) groups is 1. The fourth-order valence-corrected chi connectivity index (χ4v) is 11.5. The summed E-state index contributed by atoms with van der Waals surface area (Å²) in [5.41, 5.74) is 13.1. The van der Waals surface area contributed by atoms with Crippen LogP contribution in [0.4, 0.5) is 0 Å². The van der Waals surface area contributed by atoms with Gasteiger partial charge in [0.2, 0.25) is 44.2 Å². The van der Waals surface area contributed by atoms with Crippen molar-refractivity contribution < 1.29 is 63.2 Å². The average Bonchev–Trinajstić information content (AvgIpc) is 1.58. The predicted octanol–water partition coefficient (Wildman–Crippen LogP) is 15.0. The summed E-state index contributed by atoms with van der Waals surface area (Å²) in [5.74, 6) is 3.08. The minimum Gasteiger partial charge on any atom is -1.00 e. The van der Waals surface area contributed by atoms with Gasteiger partial charge in [0, 0.05) is 237 Å². The molecule has 11 rings (SSSR count).